The molecule has 1 aliphatic rings. The smallest absolute Gasteiger partial charge is 0.376 e. The van der Waals surface area contributed by atoms with Gasteiger partial charge in [0, 0.05) is 24.8 Å². The van der Waals surface area contributed by atoms with Crippen LogP contribution in [-0.4, -0.2) is 47.3 Å². The van der Waals surface area contributed by atoms with Crippen LogP contribution in [0.4, 0.5) is 5.82 Å². The van der Waals surface area contributed by atoms with Gasteiger partial charge < -0.3 is 14.7 Å². The largest absolute Gasteiger partial charge is 0.463 e. The summed E-state index contributed by atoms with van der Waals surface area (Å²) in [5, 5.41) is 9.48. The Morgan fingerprint density at radius 2 is 2.35 bits per heavy atom. The molecule has 1 aromatic heterocycles. The minimum Gasteiger partial charge on any atom is -0.463 e. The number of esters is 1. The molecule has 1 saturated heterocycles. The first-order chi connectivity index (χ1) is 8.10. The number of β-amino-alcohol motifs (C(OH)–C–C–N with tert-alkyl or cyclic N) is 1. The van der Waals surface area contributed by atoms with E-state index in [-0.39, 0.29) is 11.9 Å². The molecule has 0 unspecified atom stereocenters. The Kier molecular flexibility index (Phi) is 3.23. The lowest BCUT2D eigenvalue weighted by Gasteiger charge is -2.17. The monoisotopic (exact) mass is 237 g/mol. The van der Waals surface area contributed by atoms with E-state index in [1.807, 2.05) is 4.90 Å². The summed E-state index contributed by atoms with van der Waals surface area (Å²) in [4.78, 5) is 21.5. The number of carbonyl (C=O) groups excluding carboxylic acids is 1. The van der Waals surface area contributed by atoms with E-state index in [9.17, 15) is 9.90 Å². The van der Waals surface area contributed by atoms with Crippen LogP contribution < -0.4 is 4.90 Å². The van der Waals surface area contributed by atoms with E-state index in [0.29, 0.717) is 18.1 Å². The SMILES string of the molecule is COC(=O)c1nc(C)cc(N2CC[C@@H](O)C2)n1. The molecule has 1 fully saturated rings. The van der Waals surface area contributed by atoms with Crippen LogP contribution in [0.5, 0.6) is 0 Å². The molecule has 1 aromatic rings. The average molecular weight is 237 g/mol. The molecular weight excluding hydrogens is 222 g/mol. The normalized spacial score (nSPS) is 19.5. The number of aromatic nitrogens is 2. The summed E-state index contributed by atoms with van der Waals surface area (Å²) in [6, 6.07) is 1.80. The van der Waals surface area contributed by atoms with Crippen molar-refractivity contribution in [1.82, 2.24) is 9.97 Å². The number of aliphatic hydroxyl groups is 1. The van der Waals surface area contributed by atoms with Gasteiger partial charge in [0.2, 0.25) is 5.82 Å². The molecule has 0 radical (unpaired) electrons. The summed E-state index contributed by atoms with van der Waals surface area (Å²) in [5.41, 5.74) is 0.705. The van der Waals surface area contributed by atoms with Crippen molar-refractivity contribution in [3.8, 4) is 0 Å². The van der Waals surface area contributed by atoms with E-state index in [0.717, 1.165) is 13.0 Å². The highest BCUT2D eigenvalue weighted by molar-refractivity contribution is 5.85. The van der Waals surface area contributed by atoms with Crippen LogP contribution in [0.1, 0.15) is 22.7 Å². The predicted molar refractivity (Wildman–Crippen MR) is 60.9 cm³/mol. The fourth-order valence-corrected chi connectivity index (χ4v) is 1.85. The number of anilines is 1. The topological polar surface area (TPSA) is 75.5 Å². The average Bonchev–Trinajstić information content (AvgIpc) is 2.74. The molecule has 1 N–H and O–H groups in total. The molecule has 0 aromatic carbocycles. The van der Waals surface area contributed by atoms with E-state index in [4.69, 9.17) is 0 Å². The van der Waals surface area contributed by atoms with Crippen LogP contribution in [0.2, 0.25) is 0 Å². The lowest BCUT2D eigenvalue weighted by Crippen LogP contribution is -2.23. The lowest BCUT2D eigenvalue weighted by molar-refractivity contribution is 0.0586. The first kappa shape index (κ1) is 11.8. The second-order valence-electron chi connectivity index (χ2n) is 4.07. The summed E-state index contributed by atoms with van der Waals surface area (Å²) in [7, 11) is 1.30. The van der Waals surface area contributed by atoms with Gasteiger partial charge in [-0.3, -0.25) is 0 Å². The van der Waals surface area contributed by atoms with Crippen molar-refractivity contribution in [2.45, 2.75) is 19.4 Å². The van der Waals surface area contributed by atoms with Crippen LogP contribution >= 0.6 is 0 Å². The summed E-state index contributed by atoms with van der Waals surface area (Å²) in [5.74, 6) is 0.174. The Hall–Kier alpha value is -1.69. The van der Waals surface area contributed by atoms with E-state index in [2.05, 4.69) is 14.7 Å². The number of methoxy groups -OCH3 is 1. The van der Waals surface area contributed by atoms with E-state index < -0.39 is 5.97 Å². The maximum absolute atomic E-state index is 11.4. The molecular formula is C11H15N3O3. The van der Waals surface area contributed by atoms with Gasteiger partial charge >= 0.3 is 5.97 Å². The standard InChI is InChI=1S/C11H15N3O3/c1-7-5-9(14-4-3-8(15)6-14)13-10(12-7)11(16)17-2/h5,8,15H,3-4,6H2,1-2H3/t8-/m1/s1. The summed E-state index contributed by atoms with van der Waals surface area (Å²) in [6.45, 7) is 3.07. The highest BCUT2D eigenvalue weighted by Gasteiger charge is 2.23. The molecule has 0 spiro atoms. The van der Waals surface area contributed by atoms with Gasteiger partial charge in [-0.1, -0.05) is 0 Å². The third-order valence-corrected chi connectivity index (χ3v) is 2.70. The predicted octanol–water partition coefficient (Wildman–Crippen LogP) is 0.143. The lowest BCUT2D eigenvalue weighted by atomic mass is 10.3. The van der Waals surface area contributed by atoms with Crippen molar-refractivity contribution in [2.24, 2.45) is 0 Å². The molecule has 92 valence electrons. The highest BCUT2D eigenvalue weighted by Crippen LogP contribution is 2.19. The second-order valence-corrected chi connectivity index (χ2v) is 4.07. The third-order valence-electron chi connectivity index (χ3n) is 2.70. The number of aryl methyl sites for hydroxylation is 1. The number of hydrogen-bond acceptors (Lipinski definition) is 6. The Balaban J connectivity index is 2.28. The second kappa shape index (κ2) is 4.67. The van der Waals surface area contributed by atoms with Crippen molar-refractivity contribution in [2.75, 3.05) is 25.1 Å². The van der Waals surface area contributed by atoms with E-state index in [1.54, 1.807) is 13.0 Å². The Bertz CT molecular complexity index is 436. The molecule has 0 aliphatic carbocycles. The quantitative estimate of drug-likeness (QED) is 0.737. The maximum Gasteiger partial charge on any atom is 0.376 e. The summed E-state index contributed by atoms with van der Waals surface area (Å²) < 4.78 is 4.60. The number of rotatable bonds is 2. The van der Waals surface area contributed by atoms with Crippen molar-refractivity contribution >= 4 is 11.8 Å². The van der Waals surface area contributed by atoms with Crippen LogP contribution in [0.25, 0.3) is 0 Å². The zero-order valence-corrected chi connectivity index (χ0v) is 9.88. The van der Waals surface area contributed by atoms with Gasteiger partial charge in [-0.2, -0.15) is 0 Å². The number of aliphatic hydroxyl groups excluding tert-OH is 1. The van der Waals surface area contributed by atoms with Gasteiger partial charge in [-0.25, -0.2) is 14.8 Å². The van der Waals surface area contributed by atoms with Gasteiger partial charge in [-0.05, 0) is 13.3 Å². The van der Waals surface area contributed by atoms with E-state index >= 15 is 0 Å². The van der Waals surface area contributed by atoms with E-state index in [1.165, 1.54) is 7.11 Å². The maximum atomic E-state index is 11.4. The third kappa shape index (κ3) is 2.52. The van der Waals surface area contributed by atoms with Crippen molar-refractivity contribution in [3.63, 3.8) is 0 Å². The number of ether oxygens (including phenoxy) is 1. The molecule has 6 heteroatoms. The minimum absolute atomic E-state index is 0.0592. The highest BCUT2D eigenvalue weighted by atomic mass is 16.5. The molecule has 6 nitrogen and oxygen atoms in total. The fraction of sp³-hybridized carbons (Fsp3) is 0.545. The molecule has 1 aliphatic heterocycles. The van der Waals surface area contributed by atoms with Gasteiger partial charge in [0.25, 0.3) is 0 Å². The van der Waals surface area contributed by atoms with Crippen LogP contribution in [-0.2, 0) is 4.74 Å². The fourth-order valence-electron chi connectivity index (χ4n) is 1.85. The molecule has 0 saturated carbocycles. The molecule has 2 heterocycles. The molecule has 0 amide bonds. The molecule has 2 rings (SSSR count). The Morgan fingerprint density at radius 1 is 1.59 bits per heavy atom. The number of nitrogens with zero attached hydrogens (tertiary/aromatic N) is 3. The van der Waals surface area contributed by atoms with Gasteiger partial charge in [0.15, 0.2) is 0 Å². The minimum atomic E-state index is -0.547. The summed E-state index contributed by atoms with van der Waals surface area (Å²) in [6.07, 6.45) is 0.392. The van der Waals surface area contributed by atoms with Gasteiger partial charge in [0.05, 0.1) is 13.2 Å². The van der Waals surface area contributed by atoms with Gasteiger partial charge in [-0.15, -0.1) is 0 Å². The first-order valence-corrected chi connectivity index (χ1v) is 5.47. The molecule has 0 bridgehead atoms. The van der Waals surface area contributed by atoms with Crippen molar-refractivity contribution in [1.29, 1.82) is 0 Å². The van der Waals surface area contributed by atoms with Crippen molar-refractivity contribution in [3.05, 3.63) is 17.6 Å². The molecule has 1 atom stereocenters. The van der Waals surface area contributed by atoms with Crippen molar-refractivity contribution < 1.29 is 14.6 Å². The number of carbonyl (C=O) groups is 1. The Labute approximate surface area is 99.2 Å². The molecule has 17 heavy (non-hydrogen) atoms. The zero-order chi connectivity index (χ0) is 12.4. The summed E-state index contributed by atoms with van der Waals surface area (Å²) >= 11 is 0. The van der Waals surface area contributed by atoms with Crippen LogP contribution in [0, 0.1) is 6.92 Å². The first-order valence-electron chi connectivity index (χ1n) is 5.47. The van der Waals surface area contributed by atoms with Crippen LogP contribution in [0.15, 0.2) is 6.07 Å². The zero-order valence-electron chi connectivity index (χ0n) is 9.88. The van der Waals surface area contributed by atoms with Crippen LogP contribution in [0.3, 0.4) is 0 Å². The Morgan fingerprint density at radius 3 is 2.94 bits per heavy atom. The van der Waals surface area contributed by atoms with Gasteiger partial charge in [0.1, 0.15) is 5.82 Å². The number of hydrogen-bond donors (Lipinski definition) is 1.